The van der Waals surface area contributed by atoms with Crippen LogP contribution in [0.25, 0.3) is 0 Å². The molecule has 1 aromatic carbocycles. The first-order valence-electron chi connectivity index (χ1n) is 5.33. The number of hydrogen-bond acceptors (Lipinski definition) is 3. The Balaban J connectivity index is 1.86. The minimum Gasteiger partial charge on any atom is -0.310 e. The zero-order chi connectivity index (χ0) is 12.8. The largest absolute Gasteiger partial charge is 0.310 e. The maximum Gasteiger partial charge on any atom is 0.235 e. The molecule has 18 heavy (non-hydrogen) atoms. The van der Waals surface area contributed by atoms with Crippen LogP contribution in [0.3, 0.4) is 0 Å². The average molecular weight is 279 g/mol. The highest BCUT2D eigenvalue weighted by Crippen LogP contribution is 2.17. The number of hydrogen-bond donors (Lipinski definition) is 1. The highest BCUT2D eigenvalue weighted by atomic mass is 35.5. The third kappa shape index (κ3) is 4.05. The molecule has 92 valence electrons. The number of aromatic nitrogens is 1. The number of carbonyl (C=O) groups excluding carboxylic acids is 1. The molecule has 3 nitrogen and oxygen atoms in total. The van der Waals surface area contributed by atoms with Gasteiger partial charge in [-0.05, 0) is 24.3 Å². The third-order valence-electron chi connectivity index (χ3n) is 2.10. The summed E-state index contributed by atoms with van der Waals surface area (Å²) in [5, 5.41) is 3.25. The topological polar surface area (TPSA) is 42.0 Å². The lowest BCUT2D eigenvalue weighted by Crippen LogP contribution is -2.14. The quantitative estimate of drug-likeness (QED) is 0.871. The van der Waals surface area contributed by atoms with E-state index < -0.39 is 0 Å². The number of benzene rings is 1. The number of thioether (sulfide) groups is 1. The summed E-state index contributed by atoms with van der Waals surface area (Å²) in [7, 11) is 0. The van der Waals surface area contributed by atoms with Crippen molar-refractivity contribution in [3.05, 3.63) is 53.7 Å². The highest BCUT2D eigenvalue weighted by Gasteiger charge is 2.04. The van der Waals surface area contributed by atoms with Gasteiger partial charge in [-0.2, -0.15) is 0 Å². The average Bonchev–Trinajstić information content (AvgIpc) is 2.38. The molecule has 1 amide bonds. The Morgan fingerprint density at radius 3 is 2.78 bits per heavy atom. The van der Waals surface area contributed by atoms with Gasteiger partial charge in [-0.15, -0.1) is 11.8 Å². The van der Waals surface area contributed by atoms with E-state index in [-0.39, 0.29) is 5.91 Å². The molecule has 0 unspecified atom stereocenters. The van der Waals surface area contributed by atoms with Crippen LogP contribution >= 0.6 is 23.4 Å². The first-order valence-corrected chi connectivity index (χ1v) is 6.69. The normalized spacial score (nSPS) is 10.1. The molecule has 0 spiro atoms. The smallest absolute Gasteiger partial charge is 0.235 e. The first kappa shape index (κ1) is 12.9. The standard InChI is InChI=1S/C13H11ClN2OS/c14-10-6-7-15-12(8-10)16-13(17)9-18-11-4-2-1-3-5-11/h1-8H,9H2,(H,15,16,17). The summed E-state index contributed by atoms with van der Waals surface area (Å²) in [6.07, 6.45) is 1.56. The van der Waals surface area contributed by atoms with Gasteiger partial charge in [0.1, 0.15) is 5.82 Å². The van der Waals surface area contributed by atoms with Crippen LogP contribution in [0, 0.1) is 0 Å². The van der Waals surface area contributed by atoms with Crippen molar-refractivity contribution in [1.82, 2.24) is 4.98 Å². The SMILES string of the molecule is O=C(CSc1ccccc1)Nc1cc(Cl)ccn1. The number of halogens is 1. The molecule has 2 aromatic rings. The van der Waals surface area contributed by atoms with Gasteiger partial charge in [-0.3, -0.25) is 4.79 Å². The van der Waals surface area contributed by atoms with Crippen LogP contribution in [0.4, 0.5) is 5.82 Å². The first-order chi connectivity index (χ1) is 8.74. The molecule has 1 N–H and O–H groups in total. The summed E-state index contributed by atoms with van der Waals surface area (Å²) in [5.41, 5.74) is 0. The maximum atomic E-state index is 11.7. The molecule has 0 aliphatic heterocycles. The van der Waals surface area contributed by atoms with E-state index >= 15 is 0 Å². The van der Waals surface area contributed by atoms with E-state index in [1.807, 2.05) is 30.3 Å². The van der Waals surface area contributed by atoms with E-state index in [1.54, 1.807) is 18.3 Å². The van der Waals surface area contributed by atoms with Gasteiger partial charge in [0.2, 0.25) is 5.91 Å². The molecule has 0 fully saturated rings. The monoisotopic (exact) mass is 278 g/mol. The fourth-order valence-corrected chi connectivity index (χ4v) is 2.20. The Labute approximate surface area is 115 Å². The summed E-state index contributed by atoms with van der Waals surface area (Å²) >= 11 is 7.28. The molecule has 0 saturated carbocycles. The van der Waals surface area contributed by atoms with Crippen LogP contribution in [0.2, 0.25) is 5.02 Å². The number of anilines is 1. The van der Waals surface area contributed by atoms with Gasteiger partial charge in [-0.1, -0.05) is 29.8 Å². The van der Waals surface area contributed by atoms with E-state index in [4.69, 9.17) is 11.6 Å². The van der Waals surface area contributed by atoms with Crippen LogP contribution in [0.1, 0.15) is 0 Å². The van der Waals surface area contributed by atoms with Crippen molar-refractivity contribution in [3.8, 4) is 0 Å². The number of nitrogens with zero attached hydrogens (tertiary/aromatic N) is 1. The van der Waals surface area contributed by atoms with Gasteiger partial charge in [0.25, 0.3) is 0 Å². The summed E-state index contributed by atoms with van der Waals surface area (Å²) in [5.74, 6) is 0.720. The van der Waals surface area contributed by atoms with Gasteiger partial charge >= 0.3 is 0 Å². The van der Waals surface area contributed by atoms with Gasteiger partial charge in [0.05, 0.1) is 5.75 Å². The minimum absolute atomic E-state index is 0.0985. The van der Waals surface area contributed by atoms with Crippen LogP contribution in [0.15, 0.2) is 53.6 Å². The van der Waals surface area contributed by atoms with Crippen LogP contribution in [-0.2, 0) is 4.79 Å². The van der Waals surface area contributed by atoms with Crippen molar-refractivity contribution in [1.29, 1.82) is 0 Å². The van der Waals surface area contributed by atoms with Gasteiger partial charge in [0, 0.05) is 16.1 Å². The summed E-state index contributed by atoms with van der Waals surface area (Å²) in [6.45, 7) is 0. The lowest BCUT2D eigenvalue weighted by Gasteiger charge is -2.04. The second kappa shape index (κ2) is 6.42. The predicted molar refractivity (Wildman–Crippen MR) is 75.0 cm³/mol. The highest BCUT2D eigenvalue weighted by molar-refractivity contribution is 8.00. The molecular formula is C13H11ClN2OS. The molecule has 0 aliphatic carbocycles. The minimum atomic E-state index is -0.0985. The Bertz CT molecular complexity index is 534. The van der Waals surface area contributed by atoms with Gasteiger partial charge in [-0.25, -0.2) is 4.98 Å². The number of pyridine rings is 1. The molecule has 0 aliphatic rings. The molecule has 0 saturated heterocycles. The van der Waals surface area contributed by atoms with Crippen molar-refractivity contribution in [3.63, 3.8) is 0 Å². The molecule has 1 heterocycles. The van der Waals surface area contributed by atoms with Crippen molar-refractivity contribution < 1.29 is 4.79 Å². The van der Waals surface area contributed by atoms with Crippen LogP contribution in [-0.4, -0.2) is 16.6 Å². The molecule has 2 rings (SSSR count). The number of rotatable bonds is 4. The molecule has 1 aromatic heterocycles. The zero-order valence-corrected chi connectivity index (χ0v) is 11.0. The second-order valence-electron chi connectivity index (χ2n) is 3.51. The lowest BCUT2D eigenvalue weighted by atomic mass is 10.4. The maximum absolute atomic E-state index is 11.7. The van der Waals surface area contributed by atoms with Crippen molar-refractivity contribution in [2.45, 2.75) is 4.90 Å². The molecular weight excluding hydrogens is 268 g/mol. The van der Waals surface area contributed by atoms with E-state index in [1.165, 1.54) is 11.8 Å². The third-order valence-corrected chi connectivity index (χ3v) is 3.35. The van der Waals surface area contributed by atoms with E-state index in [2.05, 4.69) is 10.3 Å². The number of amides is 1. The fourth-order valence-electron chi connectivity index (χ4n) is 1.32. The number of carbonyl (C=O) groups is 1. The molecule has 0 radical (unpaired) electrons. The van der Waals surface area contributed by atoms with Crippen molar-refractivity contribution >= 4 is 35.1 Å². The van der Waals surface area contributed by atoms with Gasteiger partial charge < -0.3 is 5.32 Å². The van der Waals surface area contributed by atoms with Crippen LogP contribution < -0.4 is 5.32 Å². The Morgan fingerprint density at radius 1 is 1.28 bits per heavy atom. The summed E-state index contributed by atoms with van der Waals surface area (Å²) < 4.78 is 0. The fraction of sp³-hybridized carbons (Fsp3) is 0.0769. The Kier molecular flexibility index (Phi) is 4.61. The Hall–Kier alpha value is -1.52. The summed E-state index contributed by atoms with van der Waals surface area (Å²) in [6, 6.07) is 13.0. The van der Waals surface area contributed by atoms with Crippen LogP contribution in [0.5, 0.6) is 0 Å². The van der Waals surface area contributed by atoms with Crippen molar-refractivity contribution in [2.75, 3.05) is 11.1 Å². The predicted octanol–water partition coefficient (Wildman–Crippen LogP) is 3.47. The second-order valence-corrected chi connectivity index (χ2v) is 4.99. The van der Waals surface area contributed by atoms with Crippen molar-refractivity contribution in [2.24, 2.45) is 0 Å². The zero-order valence-electron chi connectivity index (χ0n) is 9.47. The van der Waals surface area contributed by atoms with Gasteiger partial charge in [0.15, 0.2) is 0 Å². The van der Waals surface area contributed by atoms with E-state index in [0.29, 0.717) is 16.6 Å². The lowest BCUT2D eigenvalue weighted by molar-refractivity contribution is -0.113. The van der Waals surface area contributed by atoms with E-state index in [0.717, 1.165) is 4.90 Å². The van der Waals surface area contributed by atoms with E-state index in [9.17, 15) is 4.79 Å². The Morgan fingerprint density at radius 2 is 2.06 bits per heavy atom. The number of nitrogens with one attached hydrogen (secondary N) is 1. The molecule has 0 bridgehead atoms. The summed E-state index contributed by atoms with van der Waals surface area (Å²) in [4.78, 5) is 16.8. The molecule has 0 atom stereocenters. The molecule has 5 heteroatoms.